The largest absolute Gasteiger partial charge is 0.399 e. The second-order valence-electron chi connectivity index (χ2n) is 4.40. The average Bonchev–Trinajstić information content (AvgIpc) is 2.91. The van der Waals surface area contributed by atoms with Crippen molar-refractivity contribution in [3.8, 4) is 0 Å². The highest BCUT2D eigenvalue weighted by atomic mass is 32.2. The first-order valence-electron chi connectivity index (χ1n) is 6.17. The molecular weight excluding hydrogens is 262 g/mol. The zero-order valence-electron chi connectivity index (χ0n) is 10.4. The van der Waals surface area contributed by atoms with Crippen LogP contribution in [0.1, 0.15) is 23.4 Å². The summed E-state index contributed by atoms with van der Waals surface area (Å²) < 4.78 is 10.9. The van der Waals surface area contributed by atoms with E-state index in [4.69, 9.17) is 15.0 Å². The lowest BCUT2D eigenvalue weighted by atomic mass is 10.1. The quantitative estimate of drug-likeness (QED) is 0.865. The molecule has 6 heteroatoms. The van der Waals surface area contributed by atoms with Gasteiger partial charge in [0.1, 0.15) is 6.10 Å². The molecule has 1 atom stereocenters. The molecule has 2 N–H and O–H groups in total. The summed E-state index contributed by atoms with van der Waals surface area (Å²) in [6, 6.07) is 7.67. The number of thioether (sulfide) groups is 1. The van der Waals surface area contributed by atoms with E-state index < -0.39 is 0 Å². The number of nitrogens with zero attached hydrogens (tertiary/aromatic N) is 2. The first kappa shape index (κ1) is 12.5. The molecule has 0 radical (unpaired) electrons. The Labute approximate surface area is 115 Å². The SMILES string of the molecule is Nc1ccc(Cc2nc(C3CSCCO3)no2)cc1. The number of anilines is 1. The Bertz CT molecular complexity index is 535. The zero-order valence-corrected chi connectivity index (χ0v) is 11.2. The number of rotatable bonds is 3. The fraction of sp³-hybridized carbons (Fsp3) is 0.385. The maximum atomic E-state index is 5.65. The molecule has 1 aromatic heterocycles. The molecule has 0 amide bonds. The van der Waals surface area contributed by atoms with Gasteiger partial charge in [-0.1, -0.05) is 17.3 Å². The van der Waals surface area contributed by atoms with E-state index in [0.29, 0.717) is 18.1 Å². The number of nitrogen functional groups attached to an aromatic ring is 1. The van der Waals surface area contributed by atoms with Gasteiger partial charge in [0.15, 0.2) is 0 Å². The highest BCUT2D eigenvalue weighted by Gasteiger charge is 2.22. The zero-order chi connectivity index (χ0) is 13.1. The topological polar surface area (TPSA) is 74.2 Å². The Morgan fingerprint density at radius 2 is 2.16 bits per heavy atom. The number of nitrogens with two attached hydrogens (primary N) is 1. The van der Waals surface area contributed by atoms with E-state index in [1.807, 2.05) is 36.0 Å². The van der Waals surface area contributed by atoms with E-state index in [9.17, 15) is 0 Å². The van der Waals surface area contributed by atoms with Gasteiger partial charge in [0.25, 0.3) is 0 Å². The summed E-state index contributed by atoms with van der Waals surface area (Å²) in [6.45, 7) is 0.747. The third kappa shape index (κ3) is 3.08. The summed E-state index contributed by atoms with van der Waals surface area (Å²) >= 11 is 1.85. The normalized spacial score (nSPS) is 19.5. The molecule has 5 nitrogen and oxygen atoms in total. The number of ether oxygens (including phenoxy) is 1. The summed E-state index contributed by atoms with van der Waals surface area (Å²) in [7, 11) is 0. The Hall–Kier alpha value is -1.53. The second kappa shape index (κ2) is 5.63. The van der Waals surface area contributed by atoms with Crippen LogP contribution in [0.15, 0.2) is 28.8 Å². The lowest BCUT2D eigenvalue weighted by molar-refractivity contribution is 0.0677. The van der Waals surface area contributed by atoms with Crippen molar-refractivity contribution >= 4 is 17.4 Å². The van der Waals surface area contributed by atoms with Crippen LogP contribution >= 0.6 is 11.8 Å². The third-order valence-electron chi connectivity index (χ3n) is 2.92. The van der Waals surface area contributed by atoms with Gasteiger partial charge in [-0.2, -0.15) is 16.7 Å². The molecule has 1 aromatic carbocycles. The van der Waals surface area contributed by atoms with Crippen molar-refractivity contribution in [2.75, 3.05) is 23.8 Å². The smallest absolute Gasteiger partial charge is 0.231 e. The van der Waals surface area contributed by atoms with Crippen LogP contribution in [0, 0.1) is 0 Å². The first-order valence-corrected chi connectivity index (χ1v) is 7.33. The molecule has 2 heterocycles. The van der Waals surface area contributed by atoms with Gasteiger partial charge in [0.2, 0.25) is 11.7 Å². The fourth-order valence-electron chi connectivity index (χ4n) is 1.92. The molecule has 0 aliphatic carbocycles. The van der Waals surface area contributed by atoms with Crippen LogP contribution in [0.5, 0.6) is 0 Å². The van der Waals surface area contributed by atoms with E-state index >= 15 is 0 Å². The molecule has 19 heavy (non-hydrogen) atoms. The lowest BCUT2D eigenvalue weighted by Crippen LogP contribution is -2.16. The average molecular weight is 277 g/mol. The van der Waals surface area contributed by atoms with E-state index in [-0.39, 0.29) is 6.10 Å². The fourth-order valence-corrected chi connectivity index (χ4v) is 2.76. The Kier molecular flexibility index (Phi) is 3.70. The van der Waals surface area contributed by atoms with Crippen LogP contribution in [-0.4, -0.2) is 28.3 Å². The van der Waals surface area contributed by atoms with Crippen molar-refractivity contribution in [1.29, 1.82) is 0 Å². The van der Waals surface area contributed by atoms with Gasteiger partial charge in [-0.3, -0.25) is 0 Å². The van der Waals surface area contributed by atoms with E-state index in [0.717, 1.165) is 29.4 Å². The molecule has 0 spiro atoms. The van der Waals surface area contributed by atoms with Crippen molar-refractivity contribution in [2.45, 2.75) is 12.5 Å². The number of hydrogen-bond acceptors (Lipinski definition) is 6. The molecule has 1 saturated heterocycles. The summed E-state index contributed by atoms with van der Waals surface area (Å²) in [6.07, 6.45) is 0.579. The Morgan fingerprint density at radius 3 is 2.89 bits per heavy atom. The molecule has 1 aliphatic heterocycles. The van der Waals surface area contributed by atoms with Gasteiger partial charge >= 0.3 is 0 Å². The van der Waals surface area contributed by atoms with Crippen molar-refractivity contribution in [2.24, 2.45) is 0 Å². The van der Waals surface area contributed by atoms with E-state index in [1.54, 1.807) is 0 Å². The van der Waals surface area contributed by atoms with Crippen molar-refractivity contribution < 1.29 is 9.26 Å². The second-order valence-corrected chi connectivity index (χ2v) is 5.55. The standard InChI is InChI=1S/C13H15N3O2S/c14-10-3-1-9(2-4-10)7-12-15-13(16-18-12)11-8-19-6-5-17-11/h1-4,11H,5-8,14H2. The monoisotopic (exact) mass is 277 g/mol. The number of benzene rings is 1. The molecule has 3 rings (SSSR count). The van der Waals surface area contributed by atoms with Gasteiger partial charge in [-0.25, -0.2) is 0 Å². The van der Waals surface area contributed by atoms with Gasteiger partial charge in [-0.15, -0.1) is 0 Å². The minimum absolute atomic E-state index is 0.0392. The Morgan fingerprint density at radius 1 is 1.32 bits per heavy atom. The van der Waals surface area contributed by atoms with E-state index in [2.05, 4.69) is 10.1 Å². The van der Waals surface area contributed by atoms with Crippen molar-refractivity contribution in [3.05, 3.63) is 41.5 Å². The van der Waals surface area contributed by atoms with Crippen molar-refractivity contribution in [1.82, 2.24) is 10.1 Å². The molecule has 0 saturated carbocycles. The van der Waals surface area contributed by atoms with Crippen LogP contribution < -0.4 is 5.73 Å². The van der Waals surface area contributed by atoms with Gasteiger partial charge in [-0.05, 0) is 17.7 Å². The number of hydrogen-bond donors (Lipinski definition) is 1. The lowest BCUT2D eigenvalue weighted by Gasteiger charge is -2.18. The molecule has 100 valence electrons. The molecule has 2 aromatic rings. The van der Waals surface area contributed by atoms with Crippen LogP contribution in [0.4, 0.5) is 5.69 Å². The van der Waals surface area contributed by atoms with Crippen LogP contribution in [-0.2, 0) is 11.2 Å². The molecular formula is C13H15N3O2S. The molecule has 0 bridgehead atoms. The number of aromatic nitrogens is 2. The molecule has 1 aliphatic rings. The van der Waals surface area contributed by atoms with Crippen LogP contribution in [0.2, 0.25) is 0 Å². The van der Waals surface area contributed by atoms with Gasteiger partial charge in [0, 0.05) is 17.2 Å². The predicted octanol–water partition coefficient (Wildman–Crippen LogP) is 2.05. The van der Waals surface area contributed by atoms with Crippen molar-refractivity contribution in [3.63, 3.8) is 0 Å². The van der Waals surface area contributed by atoms with Crippen LogP contribution in [0.25, 0.3) is 0 Å². The molecule has 1 fully saturated rings. The summed E-state index contributed by atoms with van der Waals surface area (Å²) in [4.78, 5) is 4.40. The summed E-state index contributed by atoms with van der Waals surface area (Å²) in [5.74, 6) is 3.18. The maximum Gasteiger partial charge on any atom is 0.231 e. The molecule has 1 unspecified atom stereocenters. The highest BCUT2D eigenvalue weighted by Crippen LogP contribution is 2.24. The first-order chi connectivity index (χ1) is 9.31. The highest BCUT2D eigenvalue weighted by molar-refractivity contribution is 7.99. The minimum atomic E-state index is -0.0392. The van der Waals surface area contributed by atoms with E-state index in [1.165, 1.54) is 0 Å². The summed E-state index contributed by atoms with van der Waals surface area (Å²) in [5, 5.41) is 4.00. The minimum Gasteiger partial charge on any atom is -0.399 e. The maximum absolute atomic E-state index is 5.65. The third-order valence-corrected chi connectivity index (χ3v) is 3.92. The Balaban J connectivity index is 1.68. The van der Waals surface area contributed by atoms with Gasteiger partial charge < -0.3 is 15.0 Å². The summed E-state index contributed by atoms with van der Waals surface area (Å²) in [5.41, 5.74) is 7.50. The predicted molar refractivity (Wildman–Crippen MR) is 74.0 cm³/mol. The van der Waals surface area contributed by atoms with Crippen LogP contribution in [0.3, 0.4) is 0 Å². The van der Waals surface area contributed by atoms with Gasteiger partial charge in [0.05, 0.1) is 13.0 Å².